The Hall–Kier alpha value is -2.86. The highest BCUT2D eigenvalue weighted by Crippen LogP contribution is 2.42. The first-order chi connectivity index (χ1) is 16.7. The SMILES string of the molecule is CC(C)[C@@H](NC(=O)c1cccc(C(C)(C)C(=O)O)c1)C(=O)N1CCC(c2ccc(Cl)cc2)C(C)(C)C1. The van der Waals surface area contributed by atoms with Gasteiger partial charge in [0.2, 0.25) is 5.91 Å². The molecule has 194 valence electrons. The molecule has 0 radical (unpaired) electrons. The molecule has 1 unspecified atom stereocenters. The summed E-state index contributed by atoms with van der Waals surface area (Å²) in [6.45, 7) is 12.6. The van der Waals surface area contributed by atoms with E-state index in [9.17, 15) is 19.5 Å². The number of aliphatic carboxylic acids is 1. The van der Waals surface area contributed by atoms with Crippen molar-refractivity contribution in [1.82, 2.24) is 10.2 Å². The second-order valence-corrected chi connectivity index (χ2v) is 11.8. The standard InChI is InChI=1S/C29H37ClN2O4/c1-18(2)24(31-25(33)20-8-7-9-21(16-20)29(5,6)27(35)36)26(34)32-15-14-23(28(3,4)17-32)19-10-12-22(30)13-11-19/h7-13,16,18,23-24H,14-15,17H2,1-6H3,(H,31,33)(H,35,36)/t23?,24-/m1/s1. The van der Waals surface area contributed by atoms with E-state index in [1.165, 1.54) is 5.56 Å². The second-order valence-electron chi connectivity index (χ2n) is 11.3. The lowest BCUT2D eigenvalue weighted by atomic mass is 9.70. The van der Waals surface area contributed by atoms with E-state index in [1.807, 2.05) is 30.9 Å². The third kappa shape index (κ3) is 5.92. The predicted octanol–water partition coefficient (Wildman–Crippen LogP) is 5.50. The maximum absolute atomic E-state index is 13.6. The molecule has 2 N–H and O–H groups in total. The van der Waals surface area contributed by atoms with Crippen LogP contribution in [0.5, 0.6) is 0 Å². The van der Waals surface area contributed by atoms with E-state index in [2.05, 4.69) is 31.3 Å². The average Bonchev–Trinajstić information content (AvgIpc) is 2.81. The van der Waals surface area contributed by atoms with Crippen LogP contribution in [-0.4, -0.2) is 46.9 Å². The van der Waals surface area contributed by atoms with Crippen LogP contribution in [0.15, 0.2) is 48.5 Å². The topological polar surface area (TPSA) is 86.7 Å². The van der Waals surface area contributed by atoms with Crippen LogP contribution in [0.4, 0.5) is 0 Å². The zero-order chi connectivity index (χ0) is 26.8. The molecule has 2 aromatic carbocycles. The highest BCUT2D eigenvalue weighted by molar-refractivity contribution is 6.30. The van der Waals surface area contributed by atoms with Gasteiger partial charge in [0.05, 0.1) is 5.41 Å². The fraction of sp³-hybridized carbons (Fsp3) is 0.483. The zero-order valence-electron chi connectivity index (χ0n) is 22.0. The van der Waals surface area contributed by atoms with Gasteiger partial charge >= 0.3 is 5.97 Å². The van der Waals surface area contributed by atoms with Crippen molar-refractivity contribution in [3.05, 3.63) is 70.2 Å². The Morgan fingerprint density at radius 3 is 2.31 bits per heavy atom. The van der Waals surface area contributed by atoms with Gasteiger partial charge in [-0.15, -0.1) is 0 Å². The average molecular weight is 513 g/mol. The Bertz CT molecular complexity index is 1120. The number of carboxylic acid groups (broad SMARTS) is 1. The number of carboxylic acids is 1. The molecule has 1 aliphatic heterocycles. The summed E-state index contributed by atoms with van der Waals surface area (Å²) < 4.78 is 0. The molecule has 1 saturated heterocycles. The minimum Gasteiger partial charge on any atom is -0.481 e. The van der Waals surface area contributed by atoms with Gasteiger partial charge in [0.1, 0.15) is 6.04 Å². The molecule has 1 fully saturated rings. The van der Waals surface area contributed by atoms with Crippen molar-refractivity contribution in [2.24, 2.45) is 11.3 Å². The summed E-state index contributed by atoms with van der Waals surface area (Å²) in [6.07, 6.45) is 0.825. The Morgan fingerprint density at radius 1 is 1.11 bits per heavy atom. The van der Waals surface area contributed by atoms with Crippen molar-refractivity contribution in [1.29, 1.82) is 0 Å². The summed E-state index contributed by atoms with van der Waals surface area (Å²) in [5, 5.41) is 13.2. The molecule has 0 aromatic heterocycles. The molecule has 1 heterocycles. The molecular formula is C29H37ClN2O4. The fourth-order valence-electron chi connectivity index (χ4n) is 4.97. The maximum Gasteiger partial charge on any atom is 0.313 e. The van der Waals surface area contributed by atoms with Gasteiger partial charge in [-0.1, -0.05) is 63.6 Å². The highest BCUT2D eigenvalue weighted by Gasteiger charge is 2.40. The maximum atomic E-state index is 13.6. The van der Waals surface area contributed by atoms with Crippen LogP contribution < -0.4 is 5.32 Å². The molecule has 0 bridgehead atoms. The summed E-state index contributed by atoms with van der Waals surface area (Å²) in [5.74, 6) is -1.27. The van der Waals surface area contributed by atoms with Crippen molar-refractivity contribution in [3.8, 4) is 0 Å². The van der Waals surface area contributed by atoms with E-state index >= 15 is 0 Å². The van der Waals surface area contributed by atoms with Crippen LogP contribution in [0.3, 0.4) is 0 Å². The number of likely N-dealkylation sites (tertiary alicyclic amines) is 1. The third-order valence-corrected chi connectivity index (χ3v) is 7.67. The molecule has 0 aliphatic carbocycles. The van der Waals surface area contributed by atoms with Crippen LogP contribution >= 0.6 is 11.6 Å². The third-order valence-electron chi connectivity index (χ3n) is 7.41. The molecule has 2 amide bonds. The van der Waals surface area contributed by atoms with Crippen molar-refractivity contribution in [2.45, 2.75) is 65.3 Å². The number of rotatable bonds is 7. The molecule has 2 atom stereocenters. The van der Waals surface area contributed by atoms with Crippen LogP contribution in [0.2, 0.25) is 5.02 Å². The number of benzene rings is 2. The fourth-order valence-corrected chi connectivity index (χ4v) is 5.09. The zero-order valence-corrected chi connectivity index (χ0v) is 22.7. The molecule has 1 aliphatic rings. The summed E-state index contributed by atoms with van der Waals surface area (Å²) in [4.78, 5) is 40.3. The van der Waals surface area contributed by atoms with Gasteiger partial charge in [0, 0.05) is 23.7 Å². The number of nitrogens with one attached hydrogen (secondary N) is 1. The number of hydrogen-bond donors (Lipinski definition) is 2. The van der Waals surface area contributed by atoms with Crippen LogP contribution in [0, 0.1) is 11.3 Å². The van der Waals surface area contributed by atoms with Crippen molar-refractivity contribution in [3.63, 3.8) is 0 Å². The summed E-state index contributed by atoms with van der Waals surface area (Å²) in [6, 6.07) is 13.8. The quantitative estimate of drug-likeness (QED) is 0.513. The molecule has 3 rings (SSSR count). The molecule has 0 spiro atoms. The van der Waals surface area contributed by atoms with E-state index in [-0.39, 0.29) is 23.1 Å². The predicted molar refractivity (Wildman–Crippen MR) is 142 cm³/mol. The number of halogens is 1. The minimum atomic E-state index is -1.14. The number of piperidine rings is 1. The number of carbonyl (C=O) groups is 3. The number of nitrogens with zero attached hydrogens (tertiary/aromatic N) is 1. The van der Waals surface area contributed by atoms with Crippen molar-refractivity contribution >= 4 is 29.4 Å². The highest BCUT2D eigenvalue weighted by atomic mass is 35.5. The van der Waals surface area contributed by atoms with Gasteiger partial charge in [-0.25, -0.2) is 0 Å². The monoisotopic (exact) mass is 512 g/mol. The molecule has 36 heavy (non-hydrogen) atoms. The smallest absolute Gasteiger partial charge is 0.313 e. The number of hydrogen-bond acceptors (Lipinski definition) is 3. The number of amides is 2. The second kappa shape index (κ2) is 10.6. The Kier molecular flexibility index (Phi) is 8.19. The van der Waals surface area contributed by atoms with Crippen molar-refractivity contribution in [2.75, 3.05) is 13.1 Å². The first-order valence-corrected chi connectivity index (χ1v) is 12.8. The van der Waals surface area contributed by atoms with Crippen molar-refractivity contribution < 1.29 is 19.5 Å². The number of carbonyl (C=O) groups excluding carboxylic acids is 2. The minimum absolute atomic E-state index is 0.0944. The van der Waals surface area contributed by atoms with E-state index in [1.54, 1.807) is 38.1 Å². The van der Waals surface area contributed by atoms with E-state index in [0.717, 1.165) is 6.42 Å². The molecule has 6 nitrogen and oxygen atoms in total. The van der Waals surface area contributed by atoms with Crippen LogP contribution in [-0.2, 0) is 15.0 Å². The first kappa shape index (κ1) is 27.7. The van der Waals surface area contributed by atoms with Gasteiger partial charge in [-0.3, -0.25) is 14.4 Å². The van der Waals surface area contributed by atoms with Crippen LogP contribution in [0.25, 0.3) is 0 Å². The van der Waals surface area contributed by atoms with Gasteiger partial charge in [0.15, 0.2) is 0 Å². The van der Waals surface area contributed by atoms with Gasteiger partial charge in [0.25, 0.3) is 5.91 Å². The largest absolute Gasteiger partial charge is 0.481 e. The van der Waals surface area contributed by atoms with Gasteiger partial charge in [-0.2, -0.15) is 0 Å². The van der Waals surface area contributed by atoms with E-state index in [4.69, 9.17) is 11.6 Å². The molecular weight excluding hydrogens is 476 g/mol. The summed E-state index contributed by atoms with van der Waals surface area (Å²) in [5.41, 5.74) is 0.797. The van der Waals surface area contributed by atoms with E-state index < -0.39 is 17.4 Å². The summed E-state index contributed by atoms with van der Waals surface area (Å²) >= 11 is 6.07. The molecule has 7 heteroatoms. The molecule has 0 saturated carbocycles. The lowest BCUT2D eigenvalue weighted by molar-refractivity contribution is -0.142. The Labute approximate surface area is 219 Å². The lowest BCUT2D eigenvalue weighted by Crippen LogP contribution is -2.55. The van der Waals surface area contributed by atoms with Crippen LogP contribution in [0.1, 0.15) is 75.4 Å². The Morgan fingerprint density at radius 2 is 1.75 bits per heavy atom. The van der Waals surface area contributed by atoms with Gasteiger partial charge < -0.3 is 15.3 Å². The van der Waals surface area contributed by atoms with Gasteiger partial charge in [-0.05, 0) is 72.9 Å². The first-order valence-electron chi connectivity index (χ1n) is 12.4. The normalized spacial score (nSPS) is 18.6. The van der Waals surface area contributed by atoms with E-state index in [0.29, 0.717) is 35.2 Å². The molecule has 2 aromatic rings. The summed E-state index contributed by atoms with van der Waals surface area (Å²) in [7, 11) is 0. The lowest BCUT2D eigenvalue weighted by Gasteiger charge is -2.45. The Balaban J connectivity index is 1.75.